The van der Waals surface area contributed by atoms with Crippen LogP contribution < -0.4 is 10.6 Å². The summed E-state index contributed by atoms with van der Waals surface area (Å²) in [5.74, 6) is 0.118. The van der Waals surface area contributed by atoms with Crippen molar-refractivity contribution >= 4 is 11.6 Å². The van der Waals surface area contributed by atoms with Gasteiger partial charge in [-0.05, 0) is 25.8 Å². The standard InChI is InChI=1S/C12H20N4O/c1-2-4-12(5-3-6-13-9-12)11(17)16-10-7-14-15-8-10/h7-8,13H,2-6,9H2,1H3,(H,14,15)(H,16,17). The number of anilines is 1. The van der Waals surface area contributed by atoms with E-state index in [1.54, 1.807) is 12.4 Å². The van der Waals surface area contributed by atoms with Gasteiger partial charge in [0.05, 0.1) is 17.3 Å². The lowest BCUT2D eigenvalue weighted by Crippen LogP contribution is -2.48. The van der Waals surface area contributed by atoms with Gasteiger partial charge in [-0.3, -0.25) is 9.89 Å². The van der Waals surface area contributed by atoms with Gasteiger partial charge in [0.2, 0.25) is 5.91 Å². The monoisotopic (exact) mass is 236 g/mol. The molecule has 0 bridgehead atoms. The molecular weight excluding hydrogens is 216 g/mol. The molecule has 5 nitrogen and oxygen atoms in total. The van der Waals surface area contributed by atoms with Crippen molar-refractivity contribution in [1.29, 1.82) is 0 Å². The van der Waals surface area contributed by atoms with Gasteiger partial charge >= 0.3 is 0 Å². The lowest BCUT2D eigenvalue weighted by Gasteiger charge is -2.36. The molecule has 2 heterocycles. The number of aromatic nitrogens is 2. The van der Waals surface area contributed by atoms with E-state index in [0.29, 0.717) is 0 Å². The fraction of sp³-hybridized carbons (Fsp3) is 0.667. The molecule has 94 valence electrons. The quantitative estimate of drug-likeness (QED) is 0.742. The molecule has 0 aliphatic carbocycles. The number of amides is 1. The third kappa shape index (κ3) is 2.66. The number of nitrogens with zero attached hydrogens (tertiary/aromatic N) is 1. The molecular formula is C12H20N4O. The molecule has 1 saturated heterocycles. The van der Waals surface area contributed by atoms with Crippen LogP contribution >= 0.6 is 0 Å². The number of rotatable bonds is 4. The minimum Gasteiger partial charge on any atom is -0.323 e. The number of carbonyl (C=O) groups is 1. The first kappa shape index (κ1) is 12.1. The van der Waals surface area contributed by atoms with Crippen LogP contribution in [0.25, 0.3) is 0 Å². The Morgan fingerprint density at radius 2 is 2.53 bits per heavy atom. The van der Waals surface area contributed by atoms with Crippen molar-refractivity contribution in [3.63, 3.8) is 0 Å². The number of carbonyl (C=O) groups excluding carboxylic acids is 1. The van der Waals surface area contributed by atoms with Crippen LogP contribution in [0.4, 0.5) is 5.69 Å². The van der Waals surface area contributed by atoms with E-state index in [2.05, 4.69) is 27.8 Å². The molecule has 17 heavy (non-hydrogen) atoms. The number of hydrogen-bond acceptors (Lipinski definition) is 3. The van der Waals surface area contributed by atoms with E-state index in [9.17, 15) is 4.79 Å². The second kappa shape index (κ2) is 5.31. The van der Waals surface area contributed by atoms with Crippen LogP contribution in [0.5, 0.6) is 0 Å². The Labute approximate surface area is 101 Å². The summed E-state index contributed by atoms with van der Waals surface area (Å²) in [6.45, 7) is 3.93. The van der Waals surface area contributed by atoms with Crippen molar-refractivity contribution in [2.24, 2.45) is 5.41 Å². The Morgan fingerprint density at radius 3 is 3.12 bits per heavy atom. The zero-order valence-electron chi connectivity index (χ0n) is 10.3. The maximum Gasteiger partial charge on any atom is 0.231 e. The van der Waals surface area contributed by atoms with Crippen LogP contribution in [0.3, 0.4) is 0 Å². The highest BCUT2D eigenvalue weighted by atomic mass is 16.2. The van der Waals surface area contributed by atoms with E-state index in [-0.39, 0.29) is 11.3 Å². The van der Waals surface area contributed by atoms with Gasteiger partial charge in [-0.2, -0.15) is 5.10 Å². The third-order valence-electron chi connectivity index (χ3n) is 3.44. The van der Waals surface area contributed by atoms with Crippen LogP contribution in [-0.2, 0) is 4.79 Å². The first-order chi connectivity index (χ1) is 8.27. The predicted molar refractivity (Wildman–Crippen MR) is 66.7 cm³/mol. The predicted octanol–water partition coefficient (Wildman–Crippen LogP) is 1.52. The molecule has 1 aliphatic rings. The van der Waals surface area contributed by atoms with Crippen molar-refractivity contribution in [3.05, 3.63) is 12.4 Å². The molecule has 0 saturated carbocycles. The van der Waals surface area contributed by atoms with Crippen LogP contribution in [-0.4, -0.2) is 29.2 Å². The van der Waals surface area contributed by atoms with E-state index in [0.717, 1.165) is 44.5 Å². The highest BCUT2D eigenvalue weighted by Gasteiger charge is 2.38. The van der Waals surface area contributed by atoms with Gasteiger partial charge in [0.15, 0.2) is 0 Å². The highest BCUT2D eigenvalue weighted by molar-refractivity contribution is 5.95. The summed E-state index contributed by atoms with van der Waals surface area (Å²) in [4.78, 5) is 12.4. The molecule has 1 amide bonds. The van der Waals surface area contributed by atoms with Crippen LogP contribution in [0.1, 0.15) is 32.6 Å². The molecule has 1 atom stereocenters. The summed E-state index contributed by atoms with van der Waals surface area (Å²) in [6, 6.07) is 0. The molecule has 0 radical (unpaired) electrons. The maximum atomic E-state index is 12.4. The minimum atomic E-state index is -0.246. The Morgan fingerprint density at radius 1 is 1.65 bits per heavy atom. The van der Waals surface area contributed by atoms with Crippen LogP contribution in [0.2, 0.25) is 0 Å². The average Bonchev–Trinajstić information content (AvgIpc) is 2.83. The first-order valence-corrected chi connectivity index (χ1v) is 6.28. The summed E-state index contributed by atoms with van der Waals surface area (Å²) in [7, 11) is 0. The average molecular weight is 236 g/mol. The molecule has 3 N–H and O–H groups in total. The lowest BCUT2D eigenvalue weighted by molar-refractivity contribution is -0.127. The van der Waals surface area contributed by atoms with Gasteiger partial charge < -0.3 is 10.6 Å². The van der Waals surface area contributed by atoms with Crippen molar-refractivity contribution in [1.82, 2.24) is 15.5 Å². The summed E-state index contributed by atoms with van der Waals surface area (Å²) < 4.78 is 0. The summed E-state index contributed by atoms with van der Waals surface area (Å²) in [5, 5.41) is 12.8. The molecule has 1 fully saturated rings. The van der Waals surface area contributed by atoms with Gasteiger partial charge in [0, 0.05) is 12.7 Å². The summed E-state index contributed by atoms with van der Waals surface area (Å²) in [6.07, 6.45) is 7.34. The Bertz CT molecular complexity index is 349. The normalized spacial score (nSPS) is 24.5. The maximum absolute atomic E-state index is 12.4. The second-order valence-corrected chi connectivity index (χ2v) is 4.75. The molecule has 1 unspecified atom stereocenters. The van der Waals surface area contributed by atoms with Gasteiger partial charge in [-0.25, -0.2) is 0 Å². The van der Waals surface area contributed by atoms with Gasteiger partial charge in [0.1, 0.15) is 0 Å². The van der Waals surface area contributed by atoms with Crippen molar-refractivity contribution in [2.75, 3.05) is 18.4 Å². The van der Waals surface area contributed by atoms with Crippen molar-refractivity contribution in [3.8, 4) is 0 Å². The van der Waals surface area contributed by atoms with Crippen LogP contribution in [0.15, 0.2) is 12.4 Å². The molecule has 1 aliphatic heterocycles. The van der Waals surface area contributed by atoms with E-state index >= 15 is 0 Å². The van der Waals surface area contributed by atoms with Crippen molar-refractivity contribution in [2.45, 2.75) is 32.6 Å². The molecule has 0 spiro atoms. The zero-order chi connectivity index (χ0) is 12.1. The molecule has 1 aromatic heterocycles. The van der Waals surface area contributed by atoms with Gasteiger partial charge in [-0.1, -0.05) is 13.3 Å². The number of nitrogens with one attached hydrogen (secondary N) is 3. The van der Waals surface area contributed by atoms with Crippen LogP contribution in [0, 0.1) is 5.41 Å². The Kier molecular flexibility index (Phi) is 3.78. The summed E-state index contributed by atoms with van der Waals surface area (Å²) >= 11 is 0. The number of hydrogen-bond donors (Lipinski definition) is 3. The number of H-pyrrole nitrogens is 1. The molecule has 5 heteroatoms. The Balaban J connectivity index is 2.06. The fourth-order valence-electron chi connectivity index (χ4n) is 2.55. The zero-order valence-corrected chi connectivity index (χ0v) is 10.3. The van der Waals surface area contributed by atoms with Gasteiger partial charge in [0.25, 0.3) is 0 Å². The Hall–Kier alpha value is -1.36. The molecule has 1 aromatic rings. The molecule has 2 rings (SSSR count). The fourth-order valence-corrected chi connectivity index (χ4v) is 2.55. The SMILES string of the molecule is CCCC1(C(=O)Nc2cn[nH]c2)CCCNC1. The molecule has 0 aromatic carbocycles. The third-order valence-corrected chi connectivity index (χ3v) is 3.44. The van der Waals surface area contributed by atoms with Crippen molar-refractivity contribution < 1.29 is 4.79 Å². The highest BCUT2D eigenvalue weighted by Crippen LogP contribution is 2.32. The van der Waals surface area contributed by atoms with E-state index < -0.39 is 0 Å². The van der Waals surface area contributed by atoms with Gasteiger partial charge in [-0.15, -0.1) is 0 Å². The number of piperidine rings is 1. The largest absolute Gasteiger partial charge is 0.323 e. The van der Waals surface area contributed by atoms with E-state index in [1.165, 1.54) is 0 Å². The number of aromatic amines is 1. The minimum absolute atomic E-state index is 0.118. The second-order valence-electron chi connectivity index (χ2n) is 4.75. The van der Waals surface area contributed by atoms with E-state index in [4.69, 9.17) is 0 Å². The topological polar surface area (TPSA) is 69.8 Å². The lowest BCUT2D eigenvalue weighted by atomic mass is 9.76. The smallest absolute Gasteiger partial charge is 0.231 e. The summed E-state index contributed by atoms with van der Waals surface area (Å²) in [5.41, 5.74) is 0.501. The van der Waals surface area contributed by atoms with E-state index in [1.807, 2.05) is 0 Å². The first-order valence-electron chi connectivity index (χ1n) is 6.28.